The third-order valence-electron chi connectivity index (χ3n) is 6.53. The van der Waals surface area contributed by atoms with E-state index in [1.807, 2.05) is 44.5 Å². The van der Waals surface area contributed by atoms with Crippen molar-refractivity contribution < 1.29 is 19.1 Å². The van der Waals surface area contributed by atoms with Crippen LogP contribution < -0.4 is 10.1 Å². The molecule has 0 saturated heterocycles. The van der Waals surface area contributed by atoms with Crippen molar-refractivity contribution in [3.05, 3.63) is 50.1 Å². The molecule has 1 N–H and O–H groups in total. The van der Waals surface area contributed by atoms with Crippen molar-refractivity contribution in [3.8, 4) is 5.75 Å². The van der Waals surface area contributed by atoms with E-state index in [1.165, 1.54) is 23.1 Å². The van der Waals surface area contributed by atoms with Gasteiger partial charge in [0.05, 0.1) is 17.9 Å². The Hall–Kier alpha value is -2.56. The summed E-state index contributed by atoms with van der Waals surface area (Å²) >= 11 is 9.04. The first-order valence-corrected chi connectivity index (χ1v) is 14.8. The zero-order valence-corrected chi connectivity index (χ0v) is 24.9. The minimum Gasteiger partial charge on any atom is -0.483 e. The highest BCUT2D eigenvalue weighted by Crippen LogP contribution is 2.40. The third kappa shape index (κ3) is 6.18. The van der Waals surface area contributed by atoms with Gasteiger partial charge in [-0.2, -0.15) is 0 Å². The number of rotatable bonds is 9. The molecular weight excluding hydrogens is 544 g/mol. The van der Waals surface area contributed by atoms with Gasteiger partial charge >= 0.3 is 5.97 Å². The zero-order chi connectivity index (χ0) is 27.6. The molecule has 0 spiro atoms. The van der Waals surface area contributed by atoms with Crippen molar-refractivity contribution in [2.75, 3.05) is 17.7 Å². The SMILES string of the molecule is CCOC(=O)c1c(NC(=O)CSc2nnc(C(C)Oc3cc(C)c(Cl)c(C)c3)n2C)sc2c1CCC(C)C2. The van der Waals surface area contributed by atoms with Crippen molar-refractivity contribution in [3.63, 3.8) is 0 Å². The summed E-state index contributed by atoms with van der Waals surface area (Å²) < 4.78 is 13.2. The largest absolute Gasteiger partial charge is 0.483 e. The fraction of sp³-hybridized carbons (Fsp3) is 0.481. The molecule has 2 unspecified atom stereocenters. The highest BCUT2D eigenvalue weighted by atomic mass is 35.5. The molecule has 0 radical (unpaired) electrons. The van der Waals surface area contributed by atoms with Crippen LogP contribution in [0.2, 0.25) is 5.02 Å². The number of thioether (sulfide) groups is 1. The number of aromatic nitrogens is 3. The fourth-order valence-corrected chi connectivity index (χ4v) is 6.83. The summed E-state index contributed by atoms with van der Waals surface area (Å²) in [6.45, 7) is 10.1. The van der Waals surface area contributed by atoms with Crippen LogP contribution in [0, 0.1) is 19.8 Å². The van der Waals surface area contributed by atoms with E-state index >= 15 is 0 Å². The van der Waals surface area contributed by atoms with E-state index in [-0.39, 0.29) is 30.3 Å². The number of carbonyl (C=O) groups excluding carboxylic acids is 2. The second kappa shape index (κ2) is 12.1. The average Bonchev–Trinajstić information content (AvgIpc) is 3.40. The summed E-state index contributed by atoms with van der Waals surface area (Å²) in [5.41, 5.74) is 3.42. The minimum atomic E-state index is -0.375. The number of benzene rings is 1. The Morgan fingerprint density at radius 3 is 2.68 bits per heavy atom. The molecule has 204 valence electrons. The van der Waals surface area contributed by atoms with Gasteiger partial charge in [-0.15, -0.1) is 21.5 Å². The van der Waals surface area contributed by atoms with E-state index < -0.39 is 0 Å². The van der Waals surface area contributed by atoms with Crippen LogP contribution in [0.15, 0.2) is 17.3 Å². The summed E-state index contributed by atoms with van der Waals surface area (Å²) in [6, 6.07) is 3.80. The quantitative estimate of drug-likeness (QED) is 0.235. The highest BCUT2D eigenvalue weighted by molar-refractivity contribution is 7.99. The summed E-state index contributed by atoms with van der Waals surface area (Å²) in [4.78, 5) is 26.8. The van der Waals surface area contributed by atoms with Crippen molar-refractivity contribution in [1.29, 1.82) is 0 Å². The van der Waals surface area contributed by atoms with E-state index in [2.05, 4.69) is 22.4 Å². The van der Waals surface area contributed by atoms with Gasteiger partial charge in [-0.3, -0.25) is 4.79 Å². The molecule has 38 heavy (non-hydrogen) atoms. The lowest BCUT2D eigenvalue weighted by atomic mass is 9.88. The number of amides is 1. The first-order valence-electron chi connectivity index (χ1n) is 12.7. The van der Waals surface area contributed by atoms with Gasteiger partial charge in [0, 0.05) is 16.9 Å². The van der Waals surface area contributed by atoms with Crippen LogP contribution in [-0.4, -0.2) is 39.0 Å². The molecule has 0 bridgehead atoms. The lowest BCUT2D eigenvalue weighted by Crippen LogP contribution is -2.18. The molecule has 0 fully saturated rings. The number of esters is 1. The lowest BCUT2D eigenvalue weighted by Gasteiger charge is -2.18. The van der Waals surface area contributed by atoms with Gasteiger partial charge in [0.2, 0.25) is 5.91 Å². The number of halogens is 1. The Kier molecular flexibility index (Phi) is 9.05. The second-order valence-electron chi connectivity index (χ2n) is 9.64. The van der Waals surface area contributed by atoms with E-state index in [4.69, 9.17) is 21.1 Å². The summed E-state index contributed by atoms with van der Waals surface area (Å²) in [5.74, 6) is 1.44. The van der Waals surface area contributed by atoms with Crippen LogP contribution in [0.4, 0.5) is 5.00 Å². The first kappa shape index (κ1) is 28.4. The minimum absolute atomic E-state index is 0.123. The Morgan fingerprint density at radius 1 is 1.29 bits per heavy atom. The number of fused-ring (bicyclic) bond motifs is 1. The number of hydrogen-bond donors (Lipinski definition) is 1. The summed E-state index contributed by atoms with van der Waals surface area (Å²) in [6.07, 6.45) is 2.40. The molecule has 1 aromatic carbocycles. The number of thiophene rings is 1. The van der Waals surface area contributed by atoms with Gasteiger partial charge in [-0.1, -0.05) is 30.3 Å². The van der Waals surface area contributed by atoms with Crippen molar-refractivity contribution >= 4 is 51.6 Å². The van der Waals surface area contributed by atoms with E-state index in [9.17, 15) is 9.59 Å². The zero-order valence-electron chi connectivity index (χ0n) is 22.5. The van der Waals surface area contributed by atoms with Crippen molar-refractivity contribution in [2.45, 2.75) is 65.1 Å². The van der Waals surface area contributed by atoms with Crippen molar-refractivity contribution in [1.82, 2.24) is 14.8 Å². The molecule has 1 aliphatic rings. The van der Waals surface area contributed by atoms with Crippen LogP contribution in [0.25, 0.3) is 0 Å². The Morgan fingerprint density at radius 2 is 2.00 bits per heavy atom. The van der Waals surface area contributed by atoms with Crippen molar-refractivity contribution in [2.24, 2.45) is 13.0 Å². The maximum atomic E-state index is 12.9. The Bertz CT molecular complexity index is 1330. The van der Waals surface area contributed by atoms with Crippen LogP contribution in [0.1, 0.15) is 71.0 Å². The molecular formula is C27H33ClN4O4S2. The number of anilines is 1. The second-order valence-corrected chi connectivity index (χ2v) is 12.1. The van der Waals surface area contributed by atoms with Crippen LogP contribution >= 0.6 is 34.7 Å². The van der Waals surface area contributed by atoms with Gasteiger partial charge in [-0.25, -0.2) is 4.79 Å². The maximum Gasteiger partial charge on any atom is 0.341 e. The molecule has 2 atom stereocenters. The Balaban J connectivity index is 1.42. The number of nitrogens with zero attached hydrogens (tertiary/aromatic N) is 3. The highest BCUT2D eigenvalue weighted by Gasteiger charge is 2.29. The summed E-state index contributed by atoms with van der Waals surface area (Å²) in [5, 5.41) is 13.4. The van der Waals surface area contributed by atoms with E-state index in [1.54, 1.807) is 6.92 Å². The predicted molar refractivity (Wildman–Crippen MR) is 152 cm³/mol. The smallest absolute Gasteiger partial charge is 0.341 e. The molecule has 0 aliphatic heterocycles. The van der Waals surface area contributed by atoms with Crippen LogP contribution in [0.3, 0.4) is 0 Å². The normalized spacial score (nSPS) is 15.6. The van der Waals surface area contributed by atoms with E-state index in [0.29, 0.717) is 33.2 Å². The van der Waals surface area contributed by atoms with Crippen LogP contribution in [-0.2, 0) is 29.4 Å². The molecule has 1 amide bonds. The van der Waals surface area contributed by atoms with E-state index in [0.717, 1.165) is 45.9 Å². The molecule has 2 heterocycles. The Labute approximate surface area is 236 Å². The maximum absolute atomic E-state index is 12.9. The lowest BCUT2D eigenvalue weighted by molar-refractivity contribution is -0.113. The van der Waals surface area contributed by atoms with Gasteiger partial charge < -0.3 is 19.4 Å². The van der Waals surface area contributed by atoms with Gasteiger partial charge in [0.25, 0.3) is 0 Å². The molecule has 0 saturated carbocycles. The topological polar surface area (TPSA) is 95.3 Å². The first-order chi connectivity index (χ1) is 18.1. The standard InChI is InChI=1S/C27H33ClN4O4S2/c1-7-35-26(34)22-19-9-8-14(2)10-20(19)38-25(22)29-21(33)13-37-27-31-30-24(32(27)6)17(5)36-18-11-15(3)23(28)16(4)12-18/h11-12,14,17H,7-10,13H2,1-6H3,(H,29,33). The monoisotopic (exact) mass is 576 g/mol. The average molecular weight is 577 g/mol. The number of hydrogen-bond acceptors (Lipinski definition) is 8. The summed E-state index contributed by atoms with van der Waals surface area (Å²) in [7, 11) is 1.85. The molecule has 2 aromatic heterocycles. The molecule has 4 rings (SSSR count). The third-order valence-corrected chi connectivity index (χ3v) is 9.32. The fourth-order valence-electron chi connectivity index (χ4n) is 4.59. The molecule has 8 nitrogen and oxygen atoms in total. The van der Waals surface area contributed by atoms with Gasteiger partial charge in [-0.05, 0) is 81.7 Å². The number of nitrogens with one attached hydrogen (secondary N) is 1. The number of carbonyl (C=O) groups is 2. The van der Waals surface area contributed by atoms with Gasteiger partial charge in [0.1, 0.15) is 10.8 Å². The molecule has 1 aliphatic carbocycles. The number of ether oxygens (including phenoxy) is 2. The molecule has 3 aromatic rings. The molecule has 11 heteroatoms. The van der Waals surface area contributed by atoms with Gasteiger partial charge in [0.15, 0.2) is 17.1 Å². The van der Waals surface area contributed by atoms with Crippen LogP contribution in [0.5, 0.6) is 5.75 Å². The number of aryl methyl sites for hydroxylation is 2. The predicted octanol–water partition coefficient (Wildman–Crippen LogP) is 6.32.